The standard InChI is InChI=1S/C24H22N4O6S/c29-21-12-17(8-11-19(21)27-26-18-9-6-16(7-10-18)23(31)28-34)22(30)25-20(24(32)33)14-35-13-15-4-2-1-3-5-15/h1-12,20,29,34H,13-14H2,(H,25,30)(H,28,31)(H,32,33)/b27-26+. The SMILES string of the molecule is O=C(NO)c1ccc(/N=N/c2ccc(C(=O)NC(CSCc3ccccc3)C(=O)O)cc2O)cc1. The molecule has 10 nitrogen and oxygen atoms in total. The monoisotopic (exact) mass is 494 g/mol. The number of phenols is 1. The first kappa shape index (κ1) is 25.4. The second-order valence-electron chi connectivity index (χ2n) is 7.26. The number of aliphatic carboxylic acids is 1. The van der Waals surface area contributed by atoms with Crippen LogP contribution >= 0.6 is 11.8 Å². The Hall–Kier alpha value is -4.22. The summed E-state index contributed by atoms with van der Waals surface area (Å²) in [5, 5.41) is 38.7. The number of benzene rings is 3. The number of carboxylic acid groups (broad SMARTS) is 1. The fourth-order valence-corrected chi connectivity index (χ4v) is 3.90. The van der Waals surface area contributed by atoms with E-state index < -0.39 is 23.8 Å². The van der Waals surface area contributed by atoms with Crippen LogP contribution in [0.15, 0.2) is 83.0 Å². The minimum atomic E-state index is -1.16. The number of rotatable bonds is 10. The Morgan fingerprint density at radius 2 is 1.57 bits per heavy atom. The zero-order valence-corrected chi connectivity index (χ0v) is 19.1. The topological polar surface area (TPSA) is 161 Å². The number of nitrogens with zero attached hydrogens (tertiary/aromatic N) is 2. The lowest BCUT2D eigenvalue weighted by Gasteiger charge is -2.14. The highest BCUT2D eigenvalue weighted by Gasteiger charge is 2.21. The number of amides is 2. The molecule has 3 rings (SSSR count). The van der Waals surface area contributed by atoms with E-state index in [1.807, 2.05) is 30.3 Å². The zero-order chi connectivity index (χ0) is 25.2. The first-order valence-electron chi connectivity index (χ1n) is 10.3. The Morgan fingerprint density at radius 3 is 2.20 bits per heavy atom. The van der Waals surface area contributed by atoms with Crippen molar-refractivity contribution >= 4 is 40.9 Å². The molecule has 35 heavy (non-hydrogen) atoms. The van der Waals surface area contributed by atoms with Gasteiger partial charge in [0.1, 0.15) is 17.5 Å². The molecule has 3 aromatic rings. The van der Waals surface area contributed by atoms with Crippen LogP contribution < -0.4 is 10.8 Å². The Morgan fingerprint density at radius 1 is 0.886 bits per heavy atom. The third kappa shape index (κ3) is 7.39. The van der Waals surface area contributed by atoms with Gasteiger partial charge in [0.05, 0.1) is 5.69 Å². The molecule has 1 unspecified atom stereocenters. The number of nitrogens with one attached hydrogen (secondary N) is 2. The number of aromatic hydroxyl groups is 1. The van der Waals surface area contributed by atoms with Gasteiger partial charge >= 0.3 is 5.97 Å². The number of hydrogen-bond donors (Lipinski definition) is 5. The maximum Gasteiger partial charge on any atom is 0.327 e. The summed E-state index contributed by atoms with van der Waals surface area (Å²) >= 11 is 1.39. The maximum atomic E-state index is 12.5. The fraction of sp³-hybridized carbons (Fsp3) is 0.125. The first-order chi connectivity index (χ1) is 16.9. The average molecular weight is 495 g/mol. The van der Waals surface area contributed by atoms with Crippen molar-refractivity contribution in [3.63, 3.8) is 0 Å². The summed E-state index contributed by atoms with van der Waals surface area (Å²) in [4.78, 5) is 35.5. The second kappa shape index (κ2) is 12.3. The smallest absolute Gasteiger partial charge is 0.327 e. The number of carbonyl (C=O) groups excluding carboxylic acids is 2. The number of carbonyl (C=O) groups is 3. The van der Waals surface area contributed by atoms with Gasteiger partial charge in [-0.3, -0.25) is 14.8 Å². The number of azo groups is 1. The molecule has 5 N–H and O–H groups in total. The van der Waals surface area contributed by atoms with Crippen molar-refractivity contribution in [2.45, 2.75) is 11.8 Å². The van der Waals surface area contributed by atoms with E-state index >= 15 is 0 Å². The Labute approximate surface area is 204 Å². The van der Waals surface area contributed by atoms with E-state index in [1.165, 1.54) is 59.7 Å². The van der Waals surface area contributed by atoms with Crippen LogP contribution in [0.1, 0.15) is 26.3 Å². The second-order valence-corrected chi connectivity index (χ2v) is 8.29. The normalized spacial score (nSPS) is 11.7. The van der Waals surface area contributed by atoms with Gasteiger partial charge in [0.2, 0.25) is 0 Å². The lowest BCUT2D eigenvalue weighted by atomic mass is 10.1. The summed E-state index contributed by atoms with van der Waals surface area (Å²) in [6.07, 6.45) is 0. The molecule has 0 heterocycles. The van der Waals surface area contributed by atoms with Gasteiger partial charge in [0.15, 0.2) is 0 Å². The molecule has 0 aliphatic rings. The third-order valence-electron chi connectivity index (χ3n) is 4.74. The van der Waals surface area contributed by atoms with Crippen LogP contribution in [-0.2, 0) is 10.5 Å². The van der Waals surface area contributed by atoms with Crippen molar-refractivity contribution in [1.29, 1.82) is 0 Å². The molecule has 11 heteroatoms. The molecule has 0 radical (unpaired) electrons. The van der Waals surface area contributed by atoms with E-state index in [9.17, 15) is 24.6 Å². The van der Waals surface area contributed by atoms with Crippen LogP contribution in [0.4, 0.5) is 11.4 Å². The molecule has 0 bridgehead atoms. The molecule has 1 atom stereocenters. The van der Waals surface area contributed by atoms with Gasteiger partial charge in [-0.15, -0.1) is 5.11 Å². The molecule has 180 valence electrons. The Kier molecular flexibility index (Phi) is 8.93. The first-order valence-corrected chi connectivity index (χ1v) is 11.5. The van der Waals surface area contributed by atoms with Gasteiger partial charge in [0, 0.05) is 22.6 Å². The van der Waals surface area contributed by atoms with Crippen molar-refractivity contribution in [3.8, 4) is 5.75 Å². The van der Waals surface area contributed by atoms with Crippen LogP contribution in [0.5, 0.6) is 5.75 Å². The number of hydrogen-bond acceptors (Lipinski definition) is 8. The quantitative estimate of drug-likeness (QED) is 0.161. The van der Waals surface area contributed by atoms with E-state index in [2.05, 4.69) is 15.5 Å². The van der Waals surface area contributed by atoms with Crippen molar-refractivity contribution in [1.82, 2.24) is 10.8 Å². The van der Waals surface area contributed by atoms with Crippen LogP contribution in [0.25, 0.3) is 0 Å². The van der Waals surface area contributed by atoms with Crippen molar-refractivity contribution < 1.29 is 29.8 Å². The van der Waals surface area contributed by atoms with E-state index in [4.69, 9.17) is 5.21 Å². The van der Waals surface area contributed by atoms with Crippen molar-refractivity contribution in [2.24, 2.45) is 10.2 Å². The summed E-state index contributed by atoms with van der Waals surface area (Å²) in [7, 11) is 0. The van der Waals surface area contributed by atoms with Crippen LogP contribution in [-0.4, -0.2) is 45.0 Å². The van der Waals surface area contributed by atoms with E-state index in [0.717, 1.165) is 5.56 Å². The molecule has 0 saturated carbocycles. The molecule has 2 amide bonds. The number of phenolic OH excluding ortho intramolecular Hbond substituents is 1. The number of hydroxylamine groups is 1. The largest absolute Gasteiger partial charge is 0.506 e. The molecule has 0 saturated heterocycles. The predicted molar refractivity (Wildman–Crippen MR) is 129 cm³/mol. The molecule has 0 aromatic heterocycles. The van der Waals surface area contributed by atoms with Crippen LogP contribution in [0.3, 0.4) is 0 Å². The number of carboxylic acids is 1. The van der Waals surface area contributed by atoms with Gasteiger partial charge < -0.3 is 15.5 Å². The maximum absolute atomic E-state index is 12.5. The summed E-state index contributed by atoms with van der Waals surface area (Å²) < 4.78 is 0. The van der Waals surface area contributed by atoms with Crippen LogP contribution in [0.2, 0.25) is 0 Å². The van der Waals surface area contributed by atoms with E-state index in [-0.39, 0.29) is 28.3 Å². The van der Waals surface area contributed by atoms with Gasteiger partial charge in [-0.25, -0.2) is 10.3 Å². The fourth-order valence-electron chi connectivity index (χ4n) is 2.89. The minimum Gasteiger partial charge on any atom is -0.506 e. The predicted octanol–water partition coefficient (Wildman–Crippen LogP) is 4.04. The van der Waals surface area contributed by atoms with Gasteiger partial charge in [-0.2, -0.15) is 16.9 Å². The Bertz CT molecular complexity index is 1220. The zero-order valence-electron chi connectivity index (χ0n) is 18.3. The molecule has 3 aromatic carbocycles. The summed E-state index contributed by atoms with van der Waals surface area (Å²) in [5.74, 6) is -2.00. The highest BCUT2D eigenvalue weighted by Crippen LogP contribution is 2.29. The minimum absolute atomic E-state index is 0.0696. The van der Waals surface area contributed by atoms with Crippen molar-refractivity contribution in [2.75, 3.05) is 5.75 Å². The summed E-state index contributed by atoms with van der Waals surface area (Å²) in [6, 6.07) is 18.3. The van der Waals surface area contributed by atoms with Gasteiger partial charge in [0.25, 0.3) is 11.8 Å². The van der Waals surface area contributed by atoms with Crippen molar-refractivity contribution in [3.05, 3.63) is 89.5 Å². The average Bonchev–Trinajstić information content (AvgIpc) is 2.87. The Balaban J connectivity index is 1.60. The van der Waals surface area contributed by atoms with Gasteiger partial charge in [-0.1, -0.05) is 30.3 Å². The molecule has 0 fully saturated rings. The summed E-state index contributed by atoms with van der Waals surface area (Å²) in [5.41, 5.74) is 3.34. The summed E-state index contributed by atoms with van der Waals surface area (Å²) in [6.45, 7) is 0. The molecule has 0 aliphatic carbocycles. The van der Waals surface area contributed by atoms with E-state index in [1.54, 1.807) is 0 Å². The highest BCUT2D eigenvalue weighted by atomic mass is 32.2. The molecule has 0 spiro atoms. The lowest BCUT2D eigenvalue weighted by Crippen LogP contribution is -2.42. The molecular weight excluding hydrogens is 472 g/mol. The third-order valence-corrected chi connectivity index (χ3v) is 5.85. The highest BCUT2D eigenvalue weighted by molar-refractivity contribution is 7.98. The lowest BCUT2D eigenvalue weighted by molar-refractivity contribution is -0.138. The molecular formula is C24H22N4O6S. The van der Waals surface area contributed by atoms with Gasteiger partial charge in [-0.05, 0) is 48.0 Å². The van der Waals surface area contributed by atoms with E-state index in [0.29, 0.717) is 11.4 Å². The van der Waals surface area contributed by atoms with Crippen LogP contribution in [0, 0.1) is 0 Å². The number of thioether (sulfide) groups is 1. The molecule has 0 aliphatic heterocycles.